The maximum Gasteiger partial charge on any atom is 0.0314 e. The Labute approximate surface area is 125 Å². The molecule has 0 saturated carbocycles. The third kappa shape index (κ3) is 6.91. The topological polar surface area (TPSA) is 12.0 Å². The Morgan fingerprint density at radius 1 is 1.22 bits per heavy atom. The Bertz CT molecular complexity index is 314. The van der Waals surface area contributed by atoms with E-state index in [1.807, 2.05) is 11.3 Å². The third-order valence-corrected chi connectivity index (χ3v) is 5.23. The molecule has 1 rings (SSSR count). The van der Waals surface area contributed by atoms with Crippen molar-refractivity contribution in [1.82, 2.24) is 5.32 Å². The molecule has 0 aliphatic heterocycles. The highest BCUT2D eigenvalue weighted by molar-refractivity contribution is 9.10. The van der Waals surface area contributed by atoms with Crippen LogP contribution in [-0.4, -0.2) is 6.54 Å². The predicted molar refractivity (Wildman–Crippen MR) is 86.4 cm³/mol. The van der Waals surface area contributed by atoms with Gasteiger partial charge in [-0.25, -0.2) is 0 Å². The third-order valence-electron chi connectivity index (χ3n) is 3.09. The second kappa shape index (κ2) is 9.11. The highest BCUT2D eigenvalue weighted by Crippen LogP contribution is 2.26. The fraction of sp³-hybridized carbons (Fsp3) is 0.733. The fourth-order valence-corrected chi connectivity index (χ4v) is 3.54. The summed E-state index contributed by atoms with van der Waals surface area (Å²) in [6, 6.07) is 2.23. The highest BCUT2D eigenvalue weighted by atomic mass is 79.9. The zero-order valence-electron chi connectivity index (χ0n) is 11.9. The van der Waals surface area contributed by atoms with Crippen LogP contribution < -0.4 is 5.32 Å². The molecule has 104 valence electrons. The standard InChI is InChI=1S/C15H26BrNS/c1-12(2)8-6-4-5-7-9-17-11-14-10-15(16)13(3)18-14/h10,12,17H,4-9,11H2,1-3H3. The van der Waals surface area contributed by atoms with Crippen molar-refractivity contribution in [2.45, 2.75) is 59.4 Å². The first kappa shape index (κ1) is 16.2. The van der Waals surface area contributed by atoms with E-state index in [-0.39, 0.29) is 0 Å². The summed E-state index contributed by atoms with van der Waals surface area (Å²) in [6.07, 6.45) is 6.85. The predicted octanol–water partition coefficient (Wildman–Crippen LogP) is 5.52. The van der Waals surface area contributed by atoms with Crippen molar-refractivity contribution in [3.63, 3.8) is 0 Å². The van der Waals surface area contributed by atoms with Crippen molar-refractivity contribution in [3.8, 4) is 0 Å². The molecule has 1 N–H and O–H groups in total. The Hall–Kier alpha value is 0.140. The number of rotatable bonds is 9. The molecular weight excluding hydrogens is 306 g/mol. The molecule has 1 aromatic rings. The van der Waals surface area contributed by atoms with Gasteiger partial charge in [-0.2, -0.15) is 0 Å². The SMILES string of the molecule is Cc1sc(CNCCCCCCC(C)C)cc1Br. The van der Waals surface area contributed by atoms with Crippen molar-refractivity contribution < 1.29 is 0 Å². The molecule has 0 radical (unpaired) electrons. The van der Waals surface area contributed by atoms with Gasteiger partial charge in [-0.15, -0.1) is 11.3 Å². The van der Waals surface area contributed by atoms with E-state index in [2.05, 4.69) is 48.1 Å². The van der Waals surface area contributed by atoms with E-state index in [0.717, 1.165) is 19.0 Å². The largest absolute Gasteiger partial charge is 0.312 e. The second-order valence-corrected chi connectivity index (χ2v) is 7.59. The van der Waals surface area contributed by atoms with Gasteiger partial charge in [0, 0.05) is 20.8 Å². The van der Waals surface area contributed by atoms with Gasteiger partial charge >= 0.3 is 0 Å². The second-order valence-electron chi connectivity index (χ2n) is 5.39. The molecule has 0 aliphatic rings. The molecule has 0 aromatic carbocycles. The van der Waals surface area contributed by atoms with E-state index in [0.29, 0.717) is 0 Å². The monoisotopic (exact) mass is 331 g/mol. The lowest BCUT2D eigenvalue weighted by Crippen LogP contribution is -2.13. The molecule has 0 spiro atoms. The van der Waals surface area contributed by atoms with Crippen molar-refractivity contribution in [2.24, 2.45) is 5.92 Å². The van der Waals surface area contributed by atoms with E-state index in [1.54, 1.807) is 0 Å². The first-order chi connectivity index (χ1) is 8.59. The maximum atomic E-state index is 3.56. The van der Waals surface area contributed by atoms with Crippen LogP contribution in [0.4, 0.5) is 0 Å². The van der Waals surface area contributed by atoms with Gasteiger partial charge in [0.2, 0.25) is 0 Å². The smallest absolute Gasteiger partial charge is 0.0314 e. The number of hydrogen-bond donors (Lipinski definition) is 1. The summed E-state index contributed by atoms with van der Waals surface area (Å²) >= 11 is 5.44. The summed E-state index contributed by atoms with van der Waals surface area (Å²) in [5, 5.41) is 3.53. The first-order valence-electron chi connectivity index (χ1n) is 7.05. The molecule has 0 bridgehead atoms. The number of thiophene rings is 1. The zero-order chi connectivity index (χ0) is 13.4. The van der Waals surface area contributed by atoms with Gasteiger partial charge in [0.15, 0.2) is 0 Å². The highest BCUT2D eigenvalue weighted by Gasteiger charge is 2.01. The van der Waals surface area contributed by atoms with Crippen LogP contribution in [0.25, 0.3) is 0 Å². The molecular formula is C15H26BrNS. The molecule has 0 atom stereocenters. The van der Waals surface area contributed by atoms with Gasteiger partial charge in [0.25, 0.3) is 0 Å². The quantitative estimate of drug-likeness (QED) is 0.588. The van der Waals surface area contributed by atoms with Crippen molar-refractivity contribution in [3.05, 3.63) is 20.3 Å². The summed E-state index contributed by atoms with van der Waals surface area (Å²) < 4.78 is 1.25. The molecule has 0 aliphatic carbocycles. The van der Waals surface area contributed by atoms with Crippen LogP contribution in [0.15, 0.2) is 10.5 Å². The molecule has 1 nitrogen and oxygen atoms in total. The number of hydrogen-bond acceptors (Lipinski definition) is 2. The van der Waals surface area contributed by atoms with Gasteiger partial charge < -0.3 is 5.32 Å². The number of aryl methyl sites for hydroxylation is 1. The minimum absolute atomic E-state index is 0.864. The summed E-state index contributed by atoms with van der Waals surface area (Å²) in [6.45, 7) is 8.94. The van der Waals surface area contributed by atoms with Crippen molar-refractivity contribution in [2.75, 3.05) is 6.54 Å². The normalized spacial score (nSPS) is 11.4. The van der Waals surface area contributed by atoms with Crippen LogP contribution in [0, 0.1) is 12.8 Å². The van der Waals surface area contributed by atoms with Crippen LogP contribution in [0.3, 0.4) is 0 Å². The van der Waals surface area contributed by atoms with Gasteiger partial charge in [-0.05, 0) is 47.8 Å². The van der Waals surface area contributed by atoms with E-state index in [4.69, 9.17) is 0 Å². The lowest BCUT2D eigenvalue weighted by atomic mass is 10.0. The first-order valence-corrected chi connectivity index (χ1v) is 8.66. The molecule has 3 heteroatoms. The Balaban J connectivity index is 1.96. The minimum Gasteiger partial charge on any atom is -0.312 e. The summed E-state index contributed by atoms with van der Waals surface area (Å²) in [5.41, 5.74) is 0. The van der Waals surface area contributed by atoms with Crippen molar-refractivity contribution >= 4 is 27.3 Å². The lowest BCUT2D eigenvalue weighted by Gasteiger charge is -2.05. The molecule has 1 aromatic heterocycles. The molecule has 1 heterocycles. The van der Waals surface area contributed by atoms with Gasteiger partial charge in [0.1, 0.15) is 0 Å². The maximum absolute atomic E-state index is 3.56. The number of nitrogens with one attached hydrogen (secondary N) is 1. The van der Waals surface area contributed by atoms with Crippen LogP contribution in [-0.2, 0) is 6.54 Å². The van der Waals surface area contributed by atoms with E-state index in [9.17, 15) is 0 Å². The molecule has 0 unspecified atom stereocenters. The molecule has 0 saturated heterocycles. The van der Waals surface area contributed by atoms with Gasteiger partial charge in [0.05, 0.1) is 0 Å². The van der Waals surface area contributed by atoms with E-state index >= 15 is 0 Å². The minimum atomic E-state index is 0.864. The van der Waals surface area contributed by atoms with Crippen LogP contribution in [0.1, 0.15) is 55.7 Å². The average molecular weight is 332 g/mol. The zero-order valence-corrected chi connectivity index (χ0v) is 14.3. The van der Waals surface area contributed by atoms with Crippen LogP contribution >= 0.6 is 27.3 Å². The summed E-state index contributed by atoms with van der Waals surface area (Å²) in [5.74, 6) is 0.864. The Morgan fingerprint density at radius 2 is 1.94 bits per heavy atom. The lowest BCUT2D eigenvalue weighted by molar-refractivity contribution is 0.512. The van der Waals surface area contributed by atoms with E-state index in [1.165, 1.54) is 46.3 Å². The summed E-state index contributed by atoms with van der Waals surface area (Å²) in [7, 11) is 0. The summed E-state index contributed by atoms with van der Waals surface area (Å²) in [4.78, 5) is 2.81. The van der Waals surface area contributed by atoms with Gasteiger partial charge in [-0.1, -0.05) is 39.5 Å². The van der Waals surface area contributed by atoms with Gasteiger partial charge in [-0.3, -0.25) is 0 Å². The Morgan fingerprint density at radius 3 is 2.56 bits per heavy atom. The van der Waals surface area contributed by atoms with Crippen LogP contribution in [0.2, 0.25) is 0 Å². The number of unbranched alkanes of at least 4 members (excludes halogenated alkanes) is 3. The molecule has 18 heavy (non-hydrogen) atoms. The Kier molecular flexibility index (Phi) is 8.20. The van der Waals surface area contributed by atoms with Crippen LogP contribution in [0.5, 0.6) is 0 Å². The molecule has 0 amide bonds. The average Bonchev–Trinajstić information content (AvgIpc) is 2.62. The van der Waals surface area contributed by atoms with Crippen molar-refractivity contribution in [1.29, 1.82) is 0 Å². The van der Waals surface area contributed by atoms with E-state index < -0.39 is 0 Å². The molecule has 0 fully saturated rings. The number of halogens is 1. The fourth-order valence-electron chi connectivity index (χ4n) is 1.97.